The number of anilines is 1. The molecule has 3 aromatic rings. The van der Waals surface area contributed by atoms with Crippen LogP contribution in [0, 0.1) is 0 Å². The van der Waals surface area contributed by atoms with Crippen LogP contribution in [0.4, 0.5) is 5.69 Å². The summed E-state index contributed by atoms with van der Waals surface area (Å²) in [6, 6.07) is 17.6. The number of nitrogens with one attached hydrogen (secondary N) is 2. The second-order valence-electron chi connectivity index (χ2n) is 6.93. The fraction of sp³-hybridized carbons (Fsp3) is 0.0833. The molecule has 8 nitrogen and oxygen atoms in total. The van der Waals surface area contributed by atoms with Crippen molar-refractivity contribution < 1.29 is 28.7 Å². The summed E-state index contributed by atoms with van der Waals surface area (Å²) in [6.07, 6.45) is 0.231. The molecular weight excluding hydrogens is 412 g/mol. The van der Waals surface area contributed by atoms with E-state index in [9.17, 15) is 19.2 Å². The molecule has 0 saturated carbocycles. The van der Waals surface area contributed by atoms with E-state index in [1.807, 2.05) is 0 Å². The Hall–Kier alpha value is -4.46. The van der Waals surface area contributed by atoms with Crippen LogP contribution in [0.5, 0.6) is 17.2 Å². The molecule has 4 rings (SSSR count). The minimum absolute atomic E-state index is 0.231. The third-order valence-electron chi connectivity index (χ3n) is 4.65. The van der Waals surface area contributed by atoms with E-state index < -0.39 is 11.8 Å². The molecule has 0 fully saturated rings. The molecule has 0 aromatic heterocycles. The quantitative estimate of drug-likeness (QED) is 0.348. The number of hydrogen-bond donors (Lipinski definition) is 2. The van der Waals surface area contributed by atoms with Gasteiger partial charge in [-0.05, 0) is 48.5 Å². The van der Waals surface area contributed by atoms with Gasteiger partial charge in [0.05, 0.1) is 11.1 Å². The third-order valence-corrected chi connectivity index (χ3v) is 4.65. The number of carbonyl (C=O) groups excluding carboxylic acids is 4. The largest absolute Gasteiger partial charge is 0.457 e. The topological polar surface area (TPSA) is 111 Å². The van der Waals surface area contributed by atoms with Crippen LogP contribution in [-0.2, 0) is 4.79 Å². The molecule has 0 radical (unpaired) electrons. The minimum atomic E-state index is -0.469. The molecule has 0 spiro atoms. The van der Waals surface area contributed by atoms with Crippen LogP contribution >= 0.6 is 0 Å². The lowest BCUT2D eigenvalue weighted by molar-refractivity contribution is -0.134. The van der Waals surface area contributed by atoms with Gasteiger partial charge in [0.25, 0.3) is 17.7 Å². The van der Waals surface area contributed by atoms with Gasteiger partial charge in [-0.2, -0.15) is 0 Å². The number of benzene rings is 3. The molecule has 3 aromatic carbocycles. The van der Waals surface area contributed by atoms with Crippen LogP contribution in [0.3, 0.4) is 0 Å². The van der Waals surface area contributed by atoms with Gasteiger partial charge in [-0.25, -0.2) is 0 Å². The average Bonchev–Trinajstić information content (AvgIpc) is 3.07. The van der Waals surface area contributed by atoms with E-state index in [-0.39, 0.29) is 23.9 Å². The lowest BCUT2D eigenvalue weighted by Crippen LogP contribution is -2.19. The summed E-state index contributed by atoms with van der Waals surface area (Å²) in [5, 5.41) is 4.99. The Labute approximate surface area is 183 Å². The first-order valence-corrected chi connectivity index (χ1v) is 9.82. The van der Waals surface area contributed by atoms with Gasteiger partial charge in [-0.3, -0.25) is 24.5 Å². The zero-order chi connectivity index (χ0) is 22.7. The Morgan fingerprint density at radius 1 is 0.844 bits per heavy atom. The Morgan fingerprint density at radius 2 is 1.56 bits per heavy atom. The second-order valence-corrected chi connectivity index (χ2v) is 6.93. The summed E-state index contributed by atoms with van der Waals surface area (Å²) in [5.74, 6) is -0.579. The highest BCUT2D eigenvalue weighted by molar-refractivity contribution is 6.21. The van der Waals surface area contributed by atoms with Crippen molar-refractivity contribution in [2.24, 2.45) is 0 Å². The molecule has 32 heavy (non-hydrogen) atoms. The lowest BCUT2D eigenvalue weighted by atomic mass is 10.1. The number of fused-ring (bicyclic) bond motifs is 1. The molecule has 2 N–H and O–H groups in total. The molecule has 1 heterocycles. The maximum absolute atomic E-state index is 12.6. The Bertz CT molecular complexity index is 1250. The summed E-state index contributed by atoms with van der Waals surface area (Å²) >= 11 is 0. The number of esters is 1. The van der Waals surface area contributed by atoms with E-state index in [0.29, 0.717) is 34.1 Å². The highest BCUT2D eigenvalue weighted by atomic mass is 16.5. The Morgan fingerprint density at radius 3 is 2.38 bits per heavy atom. The van der Waals surface area contributed by atoms with E-state index in [0.717, 1.165) is 0 Å². The molecule has 3 amide bonds. The number of carbonyl (C=O) groups is 4. The SMILES string of the molecule is CCC(=O)Oc1cccc(C(=O)Nc2cccc(Oc3ccc4c(c3)C(=O)NC4=O)c2)c1. The summed E-state index contributed by atoms with van der Waals surface area (Å²) in [6.45, 7) is 1.69. The first-order valence-electron chi connectivity index (χ1n) is 9.82. The van der Waals surface area contributed by atoms with Crippen molar-refractivity contribution in [2.75, 3.05) is 5.32 Å². The number of imide groups is 1. The number of ether oxygens (including phenoxy) is 2. The van der Waals surface area contributed by atoms with Crippen LogP contribution in [0.1, 0.15) is 44.4 Å². The highest BCUT2D eigenvalue weighted by Gasteiger charge is 2.27. The number of amides is 3. The summed E-state index contributed by atoms with van der Waals surface area (Å²) < 4.78 is 10.9. The maximum atomic E-state index is 12.6. The third kappa shape index (κ3) is 4.49. The molecule has 8 heteroatoms. The van der Waals surface area contributed by atoms with Gasteiger partial charge < -0.3 is 14.8 Å². The van der Waals surface area contributed by atoms with Crippen LogP contribution in [0.2, 0.25) is 0 Å². The van der Waals surface area contributed by atoms with E-state index in [1.54, 1.807) is 55.5 Å². The molecule has 0 aliphatic carbocycles. The van der Waals surface area contributed by atoms with Crippen molar-refractivity contribution in [3.8, 4) is 17.2 Å². The molecule has 1 aliphatic rings. The first kappa shape index (κ1) is 20.8. The van der Waals surface area contributed by atoms with Gasteiger partial charge >= 0.3 is 5.97 Å². The Balaban J connectivity index is 1.47. The molecule has 160 valence electrons. The van der Waals surface area contributed by atoms with E-state index in [1.165, 1.54) is 18.2 Å². The van der Waals surface area contributed by atoms with E-state index in [2.05, 4.69) is 10.6 Å². The maximum Gasteiger partial charge on any atom is 0.310 e. The smallest absolute Gasteiger partial charge is 0.310 e. The summed E-state index contributed by atoms with van der Waals surface area (Å²) in [7, 11) is 0. The zero-order valence-electron chi connectivity index (χ0n) is 17.0. The fourth-order valence-corrected chi connectivity index (χ4v) is 3.09. The summed E-state index contributed by atoms with van der Waals surface area (Å²) in [4.78, 5) is 47.6. The van der Waals surface area contributed by atoms with Crippen LogP contribution in [-0.4, -0.2) is 23.7 Å². The first-order chi connectivity index (χ1) is 15.4. The van der Waals surface area contributed by atoms with Crippen molar-refractivity contribution in [3.05, 3.63) is 83.4 Å². The normalized spacial score (nSPS) is 12.0. The predicted molar refractivity (Wildman–Crippen MR) is 115 cm³/mol. The van der Waals surface area contributed by atoms with Gasteiger partial charge in [-0.15, -0.1) is 0 Å². The van der Waals surface area contributed by atoms with E-state index >= 15 is 0 Å². The standard InChI is InChI=1S/C24H18N2O6/c1-2-21(27)32-16-7-3-5-14(11-16)22(28)25-15-6-4-8-17(12-15)31-18-9-10-19-20(13-18)24(30)26-23(19)29/h3-13H,2H2,1H3,(H,25,28)(H,26,29,30). The molecule has 0 saturated heterocycles. The molecular formula is C24H18N2O6. The second kappa shape index (κ2) is 8.73. The molecule has 1 aliphatic heterocycles. The molecule has 0 unspecified atom stereocenters. The molecule has 0 bridgehead atoms. The molecule has 0 atom stereocenters. The van der Waals surface area contributed by atoms with Gasteiger partial charge in [-0.1, -0.05) is 19.1 Å². The Kier molecular flexibility index (Phi) is 5.67. The van der Waals surface area contributed by atoms with Gasteiger partial charge in [0.1, 0.15) is 17.2 Å². The number of hydrogen-bond acceptors (Lipinski definition) is 6. The van der Waals surface area contributed by atoms with Crippen LogP contribution in [0.15, 0.2) is 66.7 Å². The van der Waals surface area contributed by atoms with Crippen molar-refractivity contribution >= 4 is 29.4 Å². The lowest BCUT2D eigenvalue weighted by Gasteiger charge is -2.10. The predicted octanol–water partition coefficient (Wildman–Crippen LogP) is 3.93. The van der Waals surface area contributed by atoms with Crippen molar-refractivity contribution in [2.45, 2.75) is 13.3 Å². The van der Waals surface area contributed by atoms with Gasteiger partial charge in [0.15, 0.2) is 0 Å². The van der Waals surface area contributed by atoms with Gasteiger partial charge in [0, 0.05) is 23.7 Å². The average molecular weight is 430 g/mol. The number of rotatable bonds is 6. The summed E-state index contributed by atoms with van der Waals surface area (Å²) in [5.41, 5.74) is 1.36. The monoisotopic (exact) mass is 430 g/mol. The zero-order valence-corrected chi connectivity index (χ0v) is 17.0. The van der Waals surface area contributed by atoms with Crippen molar-refractivity contribution in [1.82, 2.24) is 5.32 Å². The fourth-order valence-electron chi connectivity index (χ4n) is 3.09. The minimum Gasteiger partial charge on any atom is -0.457 e. The van der Waals surface area contributed by atoms with Crippen LogP contribution in [0.25, 0.3) is 0 Å². The van der Waals surface area contributed by atoms with Crippen LogP contribution < -0.4 is 20.1 Å². The van der Waals surface area contributed by atoms with Gasteiger partial charge in [0.2, 0.25) is 0 Å². The van der Waals surface area contributed by atoms with E-state index in [4.69, 9.17) is 9.47 Å². The van der Waals surface area contributed by atoms with Crippen molar-refractivity contribution in [1.29, 1.82) is 0 Å². The van der Waals surface area contributed by atoms with Crippen molar-refractivity contribution in [3.63, 3.8) is 0 Å². The highest BCUT2D eigenvalue weighted by Crippen LogP contribution is 2.28.